The second-order valence-corrected chi connectivity index (χ2v) is 7.15. The summed E-state index contributed by atoms with van der Waals surface area (Å²) in [5.41, 5.74) is 2.55. The van der Waals surface area contributed by atoms with Gasteiger partial charge in [0, 0.05) is 18.0 Å². The molecule has 2 aliphatic heterocycles. The predicted octanol–water partition coefficient (Wildman–Crippen LogP) is 3.47. The van der Waals surface area contributed by atoms with E-state index < -0.39 is 0 Å². The van der Waals surface area contributed by atoms with Crippen LogP contribution in [-0.2, 0) is 13.0 Å². The van der Waals surface area contributed by atoms with Crippen LogP contribution >= 0.6 is 23.6 Å². The maximum absolute atomic E-state index is 5.61. The number of benzene rings is 1. The maximum atomic E-state index is 5.61. The molecule has 0 saturated carbocycles. The van der Waals surface area contributed by atoms with Gasteiger partial charge in [-0.1, -0.05) is 6.07 Å². The number of ether oxygens (including phenoxy) is 2. The summed E-state index contributed by atoms with van der Waals surface area (Å²) < 4.78 is 10.8. The van der Waals surface area contributed by atoms with Gasteiger partial charge in [0.05, 0.1) is 6.04 Å². The number of thiophene rings is 1. The second kappa shape index (κ2) is 6.02. The maximum Gasteiger partial charge on any atom is 0.231 e. The lowest BCUT2D eigenvalue weighted by Gasteiger charge is -2.35. The lowest BCUT2D eigenvalue weighted by molar-refractivity contribution is 0.174. The number of nitrogens with one attached hydrogen (secondary N) is 1. The summed E-state index contributed by atoms with van der Waals surface area (Å²) >= 11 is 7.46. The van der Waals surface area contributed by atoms with E-state index in [1.54, 1.807) is 0 Å². The van der Waals surface area contributed by atoms with E-state index in [0.29, 0.717) is 19.4 Å². The van der Waals surface area contributed by atoms with E-state index in [4.69, 9.17) is 21.7 Å². The minimum Gasteiger partial charge on any atom is -0.454 e. The molecule has 1 aromatic carbocycles. The second-order valence-electron chi connectivity index (χ2n) is 5.76. The minimum absolute atomic E-state index is 0.304. The molecule has 2 aromatic rings. The molecular weight excluding hydrogens is 328 g/mol. The first-order valence-electron chi connectivity index (χ1n) is 7.71. The third-order valence-corrected chi connectivity index (χ3v) is 5.79. The highest BCUT2D eigenvalue weighted by atomic mass is 32.1. The molecule has 0 saturated heterocycles. The van der Waals surface area contributed by atoms with Gasteiger partial charge in [-0.2, -0.15) is 0 Å². The van der Waals surface area contributed by atoms with Crippen LogP contribution in [0.3, 0.4) is 0 Å². The third-order valence-electron chi connectivity index (χ3n) is 4.42. The van der Waals surface area contributed by atoms with Gasteiger partial charge < -0.3 is 19.7 Å². The van der Waals surface area contributed by atoms with E-state index in [1.165, 1.54) is 10.4 Å². The number of rotatable bonds is 2. The first-order valence-corrected chi connectivity index (χ1v) is 9.00. The van der Waals surface area contributed by atoms with Gasteiger partial charge in [-0.3, -0.25) is 0 Å². The van der Waals surface area contributed by atoms with Crippen molar-refractivity contribution in [3.05, 3.63) is 45.6 Å². The van der Waals surface area contributed by atoms with Gasteiger partial charge in [0.2, 0.25) is 6.79 Å². The molecule has 3 heterocycles. The average Bonchev–Trinajstić information content (AvgIpc) is 3.21. The Bertz CT molecular complexity index is 744. The largest absolute Gasteiger partial charge is 0.454 e. The Morgan fingerprint density at radius 1 is 1.35 bits per heavy atom. The quantitative estimate of drug-likeness (QED) is 0.842. The summed E-state index contributed by atoms with van der Waals surface area (Å²) in [7, 11) is 0. The van der Waals surface area contributed by atoms with Gasteiger partial charge >= 0.3 is 0 Å². The fraction of sp³-hybridized carbons (Fsp3) is 0.353. The predicted molar refractivity (Wildman–Crippen MR) is 95.1 cm³/mol. The lowest BCUT2D eigenvalue weighted by atomic mass is 10.0. The fourth-order valence-electron chi connectivity index (χ4n) is 3.12. The molecule has 0 radical (unpaired) electrons. The Morgan fingerprint density at radius 3 is 3.13 bits per heavy atom. The zero-order valence-corrected chi connectivity index (χ0v) is 14.5. The molecule has 6 heteroatoms. The minimum atomic E-state index is 0.304. The summed E-state index contributed by atoms with van der Waals surface area (Å²) in [5, 5.41) is 6.36. The first kappa shape index (κ1) is 14.8. The highest BCUT2D eigenvalue weighted by Gasteiger charge is 2.26. The molecule has 4 nitrogen and oxygen atoms in total. The van der Waals surface area contributed by atoms with Gasteiger partial charge in [-0.25, -0.2) is 0 Å². The van der Waals surface area contributed by atoms with Crippen molar-refractivity contribution < 1.29 is 9.47 Å². The molecule has 1 aromatic heterocycles. The summed E-state index contributed by atoms with van der Waals surface area (Å²) in [5.74, 6) is 1.62. The van der Waals surface area contributed by atoms with E-state index in [0.717, 1.165) is 35.1 Å². The normalized spacial score (nSPS) is 18.7. The van der Waals surface area contributed by atoms with Crippen molar-refractivity contribution >= 4 is 28.7 Å². The standard InChI is InChI=1S/C17H18N2O2S2/c1-11-13-5-7-23-16(13)4-6-19(11)17(22)18-9-12-2-3-14-15(8-12)21-10-20-14/h2-3,5,7-8,11H,4,6,9-10H2,1H3,(H,18,22)/t11-/m1/s1. The average molecular weight is 346 g/mol. The third kappa shape index (κ3) is 2.77. The SMILES string of the molecule is C[C@@H]1c2ccsc2CCN1C(=S)NCc1ccc2c(c1)OCO2. The van der Waals surface area contributed by atoms with E-state index in [2.05, 4.69) is 28.6 Å². The Labute approximate surface area is 145 Å². The van der Waals surface area contributed by atoms with E-state index in [1.807, 2.05) is 29.5 Å². The fourth-order valence-corrected chi connectivity index (χ4v) is 4.40. The number of nitrogens with zero attached hydrogens (tertiary/aromatic N) is 1. The smallest absolute Gasteiger partial charge is 0.231 e. The molecule has 4 rings (SSSR count). The number of hydrogen-bond donors (Lipinski definition) is 1. The number of fused-ring (bicyclic) bond motifs is 2. The van der Waals surface area contributed by atoms with Crippen molar-refractivity contribution in [2.75, 3.05) is 13.3 Å². The summed E-state index contributed by atoms with van der Waals surface area (Å²) in [6, 6.07) is 8.55. The van der Waals surface area contributed by atoms with Gasteiger partial charge in [0.1, 0.15) is 0 Å². The van der Waals surface area contributed by atoms with Gasteiger partial charge in [-0.05, 0) is 60.3 Å². The van der Waals surface area contributed by atoms with Crippen molar-refractivity contribution in [3.63, 3.8) is 0 Å². The van der Waals surface area contributed by atoms with Crippen molar-refractivity contribution in [2.24, 2.45) is 0 Å². The topological polar surface area (TPSA) is 33.7 Å². The Kier molecular flexibility index (Phi) is 3.87. The van der Waals surface area contributed by atoms with E-state index >= 15 is 0 Å². The molecular formula is C17H18N2O2S2. The van der Waals surface area contributed by atoms with Crippen LogP contribution in [0.4, 0.5) is 0 Å². The van der Waals surface area contributed by atoms with Crippen molar-refractivity contribution in [2.45, 2.75) is 25.9 Å². The summed E-state index contributed by atoms with van der Waals surface area (Å²) in [4.78, 5) is 3.77. The molecule has 0 aliphatic carbocycles. The van der Waals surface area contributed by atoms with Gasteiger partial charge in [0.15, 0.2) is 16.6 Å². The lowest BCUT2D eigenvalue weighted by Crippen LogP contribution is -2.44. The highest BCUT2D eigenvalue weighted by Crippen LogP contribution is 2.34. The van der Waals surface area contributed by atoms with E-state index in [-0.39, 0.29) is 0 Å². The van der Waals surface area contributed by atoms with Crippen LogP contribution in [0.15, 0.2) is 29.6 Å². The molecule has 23 heavy (non-hydrogen) atoms. The van der Waals surface area contributed by atoms with Crippen molar-refractivity contribution in [3.8, 4) is 11.5 Å². The number of thiocarbonyl (C=S) groups is 1. The number of hydrogen-bond acceptors (Lipinski definition) is 4. The van der Waals surface area contributed by atoms with Crippen LogP contribution in [0.1, 0.15) is 29.0 Å². The molecule has 1 atom stereocenters. The zero-order valence-electron chi connectivity index (χ0n) is 12.9. The van der Waals surface area contributed by atoms with Crippen molar-refractivity contribution in [1.29, 1.82) is 0 Å². The Morgan fingerprint density at radius 2 is 2.22 bits per heavy atom. The molecule has 0 unspecified atom stereocenters. The van der Waals surface area contributed by atoms with Crippen LogP contribution in [0.5, 0.6) is 11.5 Å². The molecule has 0 fully saturated rings. The molecule has 120 valence electrons. The van der Waals surface area contributed by atoms with Crippen molar-refractivity contribution in [1.82, 2.24) is 10.2 Å². The van der Waals surface area contributed by atoms with Crippen LogP contribution < -0.4 is 14.8 Å². The molecule has 0 bridgehead atoms. The van der Waals surface area contributed by atoms with Crippen LogP contribution in [0, 0.1) is 0 Å². The monoisotopic (exact) mass is 346 g/mol. The highest BCUT2D eigenvalue weighted by molar-refractivity contribution is 7.80. The molecule has 2 aliphatic rings. The Balaban J connectivity index is 1.41. The van der Waals surface area contributed by atoms with Gasteiger partial charge in [-0.15, -0.1) is 11.3 Å². The molecule has 1 N–H and O–H groups in total. The summed E-state index contributed by atoms with van der Waals surface area (Å²) in [6.45, 7) is 4.19. The van der Waals surface area contributed by atoms with Gasteiger partial charge in [0.25, 0.3) is 0 Å². The Hall–Kier alpha value is -1.79. The molecule has 0 spiro atoms. The van der Waals surface area contributed by atoms with Crippen LogP contribution in [0.25, 0.3) is 0 Å². The summed E-state index contributed by atoms with van der Waals surface area (Å²) in [6.07, 6.45) is 1.07. The van der Waals surface area contributed by atoms with Crippen LogP contribution in [-0.4, -0.2) is 23.4 Å². The van der Waals surface area contributed by atoms with Crippen LogP contribution in [0.2, 0.25) is 0 Å². The molecule has 0 amide bonds. The zero-order chi connectivity index (χ0) is 15.8. The first-order chi connectivity index (χ1) is 11.2. The van der Waals surface area contributed by atoms with E-state index in [9.17, 15) is 0 Å².